The molecule has 1 amide bonds. The number of amides is 1. The number of benzene rings is 1. The van der Waals surface area contributed by atoms with Gasteiger partial charge < -0.3 is 15.1 Å². The summed E-state index contributed by atoms with van der Waals surface area (Å²) in [6, 6.07) is 17.4. The van der Waals surface area contributed by atoms with Crippen LogP contribution in [0.25, 0.3) is 10.8 Å². The molecule has 5 rings (SSSR count). The fourth-order valence-corrected chi connectivity index (χ4v) is 3.92. The normalized spacial score (nSPS) is 13.9. The third-order valence-electron chi connectivity index (χ3n) is 5.51. The Balaban J connectivity index is 1.30. The third kappa shape index (κ3) is 4.07. The topological polar surface area (TPSA) is 87.1 Å². The first kappa shape index (κ1) is 19.9. The van der Waals surface area contributed by atoms with Gasteiger partial charge in [-0.05, 0) is 30.5 Å². The molecule has 0 aliphatic carbocycles. The monoisotopic (exact) mass is 425 g/mol. The maximum Gasteiger partial charge on any atom is 0.273 e. The van der Waals surface area contributed by atoms with Gasteiger partial charge in [0, 0.05) is 50.0 Å². The lowest BCUT2D eigenvalue weighted by molar-refractivity contribution is 0.0743. The fourth-order valence-electron chi connectivity index (χ4n) is 3.92. The van der Waals surface area contributed by atoms with Crippen LogP contribution < -0.4 is 10.2 Å². The number of anilines is 3. The van der Waals surface area contributed by atoms with Crippen LogP contribution in [0, 0.1) is 6.92 Å². The summed E-state index contributed by atoms with van der Waals surface area (Å²) in [4.78, 5) is 35.0. The fraction of sp³-hybridized carbons (Fsp3) is 0.208. The first-order chi connectivity index (χ1) is 15.7. The van der Waals surface area contributed by atoms with Gasteiger partial charge in [-0.3, -0.25) is 9.78 Å². The van der Waals surface area contributed by atoms with Crippen molar-refractivity contribution in [3.63, 3.8) is 0 Å². The minimum Gasteiger partial charge on any atom is -0.353 e. The highest BCUT2D eigenvalue weighted by molar-refractivity contribution is 6.05. The van der Waals surface area contributed by atoms with Crippen LogP contribution in [0.2, 0.25) is 0 Å². The van der Waals surface area contributed by atoms with E-state index in [0.717, 1.165) is 22.4 Å². The Morgan fingerprint density at radius 1 is 0.875 bits per heavy atom. The molecule has 0 unspecified atom stereocenters. The molecule has 1 N–H and O–H groups in total. The van der Waals surface area contributed by atoms with Gasteiger partial charge in [-0.15, -0.1) is 0 Å². The van der Waals surface area contributed by atoms with Gasteiger partial charge in [0.1, 0.15) is 29.0 Å². The summed E-state index contributed by atoms with van der Waals surface area (Å²) in [5.41, 5.74) is 0.510. The Kier molecular flexibility index (Phi) is 5.33. The number of piperazine rings is 1. The molecule has 1 fully saturated rings. The lowest BCUT2D eigenvalue weighted by Gasteiger charge is -2.35. The molecule has 0 radical (unpaired) electrons. The van der Waals surface area contributed by atoms with E-state index in [1.54, 1.807) is 12.4 Å². The maximum atomic E-state index is 13.2. The minimum absolute atomic E-state index is 0.0298. The number of aromatic nitrogens is 4. The summed E-state index contributed by atoms with van der Waals surface area (Å²) in [6.07, 6.45) is 3.43. The minimum atomic E-state index is -0.0298. The molecule has 1 aliphatic rings. The van der Waals surface area contributed by atoms with Gasteiger partial charge in [-0.25, -0.2) is 15.0 Å². The van der Waals surface area contributed by atoms with E-state index in [0.29, 0.717) is 43.5 Å². The molecule has 4 heterocycles. The predicted octanol–water partition coefficient (Wildman–Crippen LogP) is 3.43. The van der Waals surface area contributed by atoms with Crippen LogP contribution in [0.3, 0.4) is 0 Å². The number of hydrogen-bond acceptors (Lipinski definition) is 7. The summed E-state index contributed by atoms with van der Waals surface area (Å²) in [5, 5.41) is 5.14. The van der Waals surface area contributed by atoms with Gasteiger partial charge in [0.05, 0.1) is 0 Å². The summed E-state index contributed by atoms with van der Waals surface area (Å²) >= 11 is 0. The zero-order valence-corrected chi connectivity index (χ0v) is 17.8. The number of aryl methyl sites for hydroxylation is 1. The number of carbonyl (C=O) groups is 1. The standard InChI is InChI=1S/C24H23N7O/c1-17-27-21(29-20-8-4-5-10-25-20)16-22(28-17)30-12-14-31(15-13-30)24(32)23-19-7-3-2-6-18(19)9-11-26-23/h2-11,16H,12-15H2,1H3,(H,25,27,28,29). The first-order valence-corrected chi connectivity index (χ1v) is 10.6. The number of rotatable bonds is 4. The van der Waals surface area contributed by atoms with E-state index in [1.807, 2.05) is 66.4 Å². The third-order valence-corrected chi connectivity index (χ3v) is 5.51. The molecule has 32 heavy (non-hydrogen) atoms. The highest BCUT2D eigenvalue weighted by atomic mass is 16.2. The number of pyridine rings is 2. The first-order valence-electron chi connectivity index (χ1n) is 10.6. The number of carbonyl (C=O) groups excluding carboxylic acids is 1. The Morgan fingerprint density at radius 2 is 1.69 bits per heavy atom. The number of fused-ring (bicyclic) bond motifs is 1. The van der Waals surface area contributed by atoms with Crippen LogP contribution in [0.1, 0.15) is 16.3 Å². The van der Waals surface area contributed by atoms with E-state index in [-0.39, 0.29) is 5.91 Å². The molecule has 1 aromatic carbocycles. The van der Waals surface area contributed by atoms with Crippen molar-refractivity contribution in [3.8, 4) is 0 Å². The van der Waals surface area contributed by atoms with Crippen LogP contribution in [-0.2, 0) is 0 Å². The Morgan fingerprint density at radius 3 is 2.50 bits per heavy atom. The van der Waals surface area contributed by atoms with Crippen LogP contribution in [-0.4, -0.2) is 56.9 Å². The van der Waals surface area contributed by atoms with Crippen molar-refractivity contribution < 1.29 is 4.79 Å². The van der Waals surface area contributed by atoms with Gasteiger partial charge in [0.15, 0.2) is 0 Å². The van der Waals surface area contributed by atoms with Gasteiger partial charge in [-0.1, -0.05) is 30.3 Å². The molecule has 0 bridgehead atoms. The Hall–Kier alpha value is -4.07. The van der Waals surface area contributed by atoms with Crippen molar-refractivity contribution in [2.75, 3.05) is 36.4 Å². The van der Waals surface area contributed by atoms with E-state index in [2.05, 4.69) is 30.2 Å². The molecule has 0 spiro atoms. The van der Waals surface area contributed by atoms with Crippen LogP contribution >= 0.6 is 0 Å². The van der Waals surface area contributed by atoms with Crippen molar-refractivity contribution in [2.24, 2.45) is 0 Å². The van der Waals surface area contributed by atoms with Crippen LogP contribution in [0.15, 0.2) is 67.0 Å². The summed E-state index contributed by atoms with van der Waals surface area (Å²) < 4.78 is 0. The molecule has 160 valence electrons. The molecule has 4 aromatic rings. The van der Waals surface area contributed by atoms with Gasteiger partial charge in [-0.2, -0.15) is 0 Å². The summed E-state index contributed by atoms with van der Waals surface area (Å²) in [7, 11) is 0. The Labute approximate surface area is 186 Å². The maximum absolute atomic E-state index is 13.2. The molecular weight excluding hydrogens is 402 g/mol. The lowest BCUT2D eigenvalue weighted by Crippen LogP contribution is -2.49. The van der Waals surface area contributed by atoms with E-state index in [1.165, 1.54) is 0 Å². The SMILES string of the molecule is Cc1nc(Nc2ccccn2)cc(N2CCN(C(=O)c3nccc4ccccc34)CC2)n1. The number of nitrogens with zero attached hydrogens (tertiary/aromatic N) is 6. The van der Waals surface area contributed by atoms with Crippen molar-refractivity contribution >= 4 is 34.1 Å². The van der Waals surface area contributed by atoms with E-state index in [4.69, 9.17) is 0 Å². The lowest BCUT2D eigenvalue weighted by atomic mass is 10.1. The van der Waals surface area contributed by atoms with Gasteiger partial charge in [0.25, 0.3) is 5.91 Å². The summed E-state index contributed by atoms with van der Waals surface area (Å²) in [5.74, 6) is 2.92. The highest BCUT2D eigenvalue weighted by Gasteiger charge is 2.25. The Bertz CT molecular complexity index is 1250. The average molecular weight is 425 g/mol. The predicted molar refractivity (Wildman–Crippen MR) is 124 cm³/mol. The zero-order valence-electron chi connectivity index (χ0n) is 17.8. The van der Waals surface area contributed by atoms with Crippen LogP contribution in [0.4, 0.5) is 17.5 Å². The average Bonchev–Trinajstić information content (AvgIpc) is 2.83. The second-order valence-corrected chi connectivity index (χ2v) is 7.66. The van der Waals surface area contributed by atoms with Gasteiger partial charge >= 0.3 is 0 Å². The molecular formula is C24H23N7O. The van der Waals surface area contributed by atoms with E-state index < -0.39 is 0 Å². The smallest absolute Gasteiger partial charge is 0.273 e. The molecule has 0 atom stereocenters. The van der Waals surface area contributed by atoms with E-state index in [9.17, 15) is 4.79 Å². The molecule has 0 saturated carbocycles. The molecule has 8 nitrogen and oxygen atoms in total. The van der Waals surface area contributed by atoms with Crippen molar-refractivity contribution in [3.05, 3.63) is 78.5 Å². The quantitative estimate of drug-likeness (QED) is 0.536. The highest BCUT2D eigenvalue weighted by Crippen LogP contribution is 2.22. The van der Waals surface area contributed by atoms with Crippen LogP contribution in [0.5, 0.6) is 0 Å². The zero-order chi connectivity index (χ0) is 21.9. The van der Waals surface area contributed by atoms with Crippen molar-refractivity contribution in [1.29, 1.82) is 0 Å². The number of nitrogens with one attached hydrogen (secondary N) is 1. The molecule has 8 heteroatoms. The second-order valence-electron chi connectivity index (χ2n) is 7.66. The van der Waals surface area contributed by atoms with Crippen molar-refractivity contribution in [1.82, 2.24) is 24.8 Å². The second kappa shape index (κ2) is 8.58. The molecule has 1 saturated heterocycles. The molecule has 1 aliphatic heterocycles. The van der Waals surface area contributed by atoms with Crippen molar-refractivity contribution in [2.45, 2.75) is 6.92 Å². The van der Waals surface area contributed by atoms with E-state index >= 15 is 0 Å². The largest absolute Gasteiger partial charge is 0.353 e. The van der Waals surface area contributed by atoms with Gasteiger partial charge in [0.2, 0.25) is 0 Å². The number of hydrogen-bond donors (Lipinski definition) is 1. The summed E-state index contributed by atoms with van der Waals surface area (Å²) in [6.45, 7) is 4.47. The molecule has 3 aromatic heterocycles.